The van der Waals surface area contributed by atoms with Crippen molar-refractivity contribution < 1.29 is 19.4 Å². The highest BCUT2D eigenvalue weighted by Crippen LogP contribution is 2.34. The average Bonchev–Trinajstić information content (AvgIpc) is 3.08. The minimum absolute atomic E-state index is 0.0771. The first kappa shape index (κ1) is 17.7. The Bertz CT molecular complexity index is 927. The van der Waals surface area contributed by atoms with Gasteiger partial charge in [0.05, 0.1) is 12.2 Å². The first-order chi connectivity index (χ1) is 12.0. The second kappa shape index (κ2) is 5.72. The Morgan fingerprint density at radius 3 is 2.65 bits per heavy atom. The predicted octanol–water partition coefficient (Wildman–Crippen LogP) is 1.79. The summed E-state index contributed by atoms with van der Waals surface area (Å²) in [5.74, 6) is -0.830. The Morgan fingerprint density at radius 2 is 2.04 bits per heavy atom. The fourth-order valence-electron chi connectivity index (χ4n) is 2.90. The minimum Gasteiger partial charge on any atom is -0.479 e. The molecule has 26 heavy (non-hydrogen) atoms. The predicted molar refractivity (Wildman–Crippen MR) is 94.4 cm³/mol. The van der Waals surface area contributed by atoms with E-state index in [9.17, 15) is 14.7 Å². The van der Waals surface area contributed by atoms with E-state index in [1.54, 1.807) is 43.5 Å². The number of nitrogens with zero attached hydrogens (tertiary/aromatic N) is 4. The molecule has 0 unspecified atom stereocenters. The fourth-order valence-corrected chi connectivity index (χ4v) is 2.90. The first-order valence-corrected chi connectivity index (χ1v) is 8.07. The Balaban J connectivity index is 2.03. The van der Waals surface area contributed by atoms with Gasteiger partial charge in [-0.2, -0.15) is 5.10 Å². The van der Waals surface area contributed by atoms with E-state index in [0.29, 0.717) is 22.6 Å². The van der Waals surface area contributed by atoms with Gasteiger partial charge >= 0.3 is 12.1 Å². The molecule has 0 fully saturated rings. The second-order valence-electron chi connectivity index (χ2n) is 7.35. The molecule has 2 aromatic heterocycles. The first-order valence-electron chi connectivity index (χ1n) is 8.07. The molecule has 0 bridgehead atoms. The molecule has 1 aliphatic rings. The van der Waals surface area contributed by atoms with E-state index in [1.807, 2.05) is 0 Å². The van der Waals surface area contributed by atoms with Gasteiger partial charge in [0.1, 0.15) is 17.4 Å². The van der Waals surface area contributed by atoms with Gasteiger partial charge in [0.15, 0.2) is 11.4 Å². The van der Waals surface area contributed by atoms with E-state index in [2.05, 4.69) is 10.1 Å². The molecule has 1 amide bonds. The van der Waals surface area contributed by atoms with Crippen molar-refractivity contribution in [2.45, 2.75) is 38.8 Å². The van der Waals surface area contributed by atoms with Gasteiger partial charge in [0.25, 0.3) is 0 Å². The highest BCUT2D eigenvalue weighted by Gasteiger charge is 2.47. The number of rotatable bonds is 2. The largest absolute Gasteiger partial charge is 0.479 e. The van der Waals surface area contributed by atoms with Gasteiger partial charge in [-0.05, 0) is 51.5 Å². The van der Waals surface area contributed by atoms with E-state index in [0.717, 1.165) is 0 Å². The number of carboxylic acids is 1. The molecule has 0 aliphatic carbocycles. The lowest BCUT2D eigenvalue weighted by Gasteiger charge is -2.32. The number of carbonyl (C=O) groups excluding carboxylic acids is 1. The van der Waals surface area contributed by atoms with Crippen LogP contribution in [0.15, 0.2) is 24.5 Å². The van der Waals surface area contributed by atoms with Crippen LogP contribution in [0.5, 0.6) is 0 Å². The van der Waals surface area contributed by atoms with Crippen molar-refractivity contribution in [3.63, 3.8) is 0 Å². The van der Waals surface area contributed by atoms with Gasteiger partial charge in [-0.1, -0.05) is 0 Å². The molecule has 1 aliphatic heterocycles. The van der Waals surface area contributed by atoms with Gasteiger partial charge in [-0.15, -0.1) is 0 Å². The molecule has 3 N–H and O–H groups in total. The van der Waals surface area contributed by atoms with Gasteiger partial charge in [-0.3, -0.25) is 4.90 Å². The number of hydrogen-bond donors (Lipinski definition) is 2. The average molecular weight is 359 g/mol. The molecule has 0 saturated carbocycles. The minimum atomic E-state index is -1.53. The van der Waals surface area contributed by atoms with E-state index >= 15 is 0 Å². The lowest BCUT2D eigenvalue weighted by Crippen LogP contribution is -2.52. The van der Waals surface area contributed by atoms with Crippen LogP contribution in [0.2, 0.25) is 0 Å². The maximum Gasteiger partial charge on any atom is 0.411 e. The second-order valence-corrected chi connectivity index (χ2v) is 7.35. The number of carbonyl (C=O) groups is 2. The summed E-state index contributed by atoms with van der Waals surface area (Å²) < 4.78 is 6.96. The summed E-state index contributed by atoms with van der Waals surface area (Å²) in [6.45, 7) is 6.73. The van der Waals surface area contributed by atoms with E-state index in [-0.39, 0.29) is 6.54 Å². The Kier molecular flexibility index (Phi) is 3.90. The third-order valence-corrected chi connectivity index (χ3v) is 4.20. The van der Waals surface area contributed by atoms with Crippen LogP contribution in [0.1, 0.15) is 33.4 Å². The summed E-state index contributed by atoms with van der Waals surface area (Å²) in [5, 5.41) is 13.9. The highest BCUT2D eigenvalue weighted by atomic mass is 16.6. The quantitative estimate of drug-likeness (QED) is 0.838. The standard InChI is InChI=1S/C17H21N5O4/c1-16(2,3)26-15(25)21-8-10(7-17(21,4)14(23)24)11-5-6-12-13(18)19-9-20-22(11)12/h5-7,9H,8H2,1-4H3,(H,23,24)(H2,18,19,20)/t17-/m0/s1. The molecular formula is C17H21N5O4. The molecule has 0 spiro atoms. The molecule has 3 heterocycles. The monoisotopic (exact) mass is 359 g/mol. The zero-order valence-electron chi connectivity index (χ0n) is 15.1. The summed E-state index contributed by atoms with van der Waals surface area (Å²) in [5.41, 5.74) is 5.48. The maximum absolute atomic E-state index is 12.6. The van der Waals surface area contributed by atoms with Crippen LogP contribution in [0.3, 0.4) is 0 Å². The van der Waals surface area contributed by atoms with E-state index < -0.39 is 23.2 Å². The number of nitrogen functional groups attached to an aromatic ring is 1. The van der Waals surface area contributed by atoms with Crippen LogP contribution in [0.4, 0.5) is 10.6 Å². The number of anilines is 1. The van der Waals surface area contributed by atoms with Crippen molar-refractivity contribution >= 4 is 29.0 Å². The number of aliphatic carboxylic acids is 1. The van der Waals surface area contributed by atoms with Crippen molar-refractivity contribution in [2.24, 2.45) is 0 Å². The molecule has 138 valence electrons. The van der Waals surface area contributed by atoms with Gasteiger partial charge in [-0.25, -0.2) is 19.1 Å². The Morgan fingerprint density at radius 1 is 1.35 bits per heavy atom. The third-order valence-electron chi connectivity index (χ3n) is 4.20. The number of nitrogens with two attached hydrogens (primary N) is 1. The van der Waals surface area contributed by atoms with Crippen LogP contribution in [0, 0.1) is 0 Å². The smallest absolute Gasteiger partial charge is 0.411 e. The van der Waals surface area contributed by atoms with Gasteiger partial charge in [0.2, 0.25) is 0 Å². The van der Waals surface area contributed by atoms with Crippen molar-refractivity contribution in [1.29, 1.82) is 0 Å². The fraction of sp³-hybridized carbons (Fsp3) is 0.412. The molecule has 1 atom stereocenters. The summed E-state index contributed by atoms with van der Waals surface area (Å²) in [6, 6.07) is 3.52. The summed E-state index contributed by atoms with van der Waals surface area (Å²) in [4.78, 5) is 29.6. The molecule has 3 rings (SSSR count). The Labute approximate surface area is 150 Å². The number of amides is 1. The number of aromatic nitrogens is 3. The molecule has 0 radical (unpaired) electrons. The normalized spacial score (nSPS) is 20.3. The molecule has 0 aromatic carbocycles. The van der Waals surface area contributed by atoms with Crippen LogP contribution in [-0.4, -0.2) is 54.4 Å². The molecule has 0 saturated heterocycles. The van der Waals surface area contributed by atoms with Crippen molar-refractivity contribution in [3.8, 4) is 0 Å². The SMILES string of the molecule is CC(C)(C)OC(=O)N1CC(c2ccc3c(N)ncnn23)=C[C@@]1(C)C(=O)O. The van der Waals surface area contributed by atoms with Crippen LogP contribution >= 0.6 is 0 Å². The van der Waals surface area contributed by atoms with Crippen LogP contribution in [0.25, 0.3) is 11.1 Å². The highest BCUT2D eigenvalue weighted by molar-refractivity contribution is 5.93. The van der Waals surface area contributed by atoms with Crippen molar-refractivity contribution in [1.82, 2.24) is 19.5 Å². The number of ether oxygens (including phenoxy) is 1. The number of fused-ring (bicyclic) bond motifs is 1. The number of hydrogen-bond acceptors (Lipinski definition) is 6. The lowest BCUT2D eigenvalue weighted by atomic mass is 10.0. The zero-order chi connectivity index (χ0) is 19.3. The van der Waals surface area contributed by atoms with E-state index in [1.165, 1.54) is 18.2 Å². The summed E-state index contributed by atoms with van der Waals surface area (Å²) in [6.07, 6.45) is 2.17. The molecule has 9 heteroatoms. The summed E-state index contributed by atoms with van der Waals surface area (Å²) >= 11 is 0. The summed E-state index contributed by atoms with van der Waals surface area (Å²) in [7, 11) is 0. The van der Waals surface area contributed by atoms with Gasteiger partial charge in [0, 0.05) is 0 Å². The topological polar surface area (TPSA) is 123 Å². The molecular weight excluding hydrogens is 338 g/mol. The Hall–Kier alpha value is -3.10. The molecule has 9 nitrogen and oxygen atoms in total. The van der Waals surface area contributed by atoms with Crippen LogP contribution in [-0.2, 0) is 9.53 Å². The lowest BCUT2D eigenvalue weighted by molar-refractivity contribution is -0.146. The van der Waals surface area contributed by atoms with Crippen molar-refractivity contribution in [2.75, 3.05) is 12.3 Å². The van der Waals surface area contributed by atoms with E-state index in [4.69, 9.17) is 10.5 Å². The molecule has 2 aromatic rings. The van der Waals surface area contributed by atoms with Gasteiger partial charge < -0.3 is 15.6 Å². The van der Waals surface area contributed by atoms with Crippen molar-refractivity contribution in [3.05, 3.63) is 30.2 Å². The maximum atomic E-state index is 12.6. The van der Waals surface area contributed by atoms with Crippen LogP contribution < -0.4 is 5.73 Å². The number of carboxylic acid groups (broad SMARTS) is 1. The zero-order valence-corrected chi connectivity index (χ0v) is 15.1. The third kappa shape index (κ3) is 2.85.